The maximum Gasteiger partial charge on any atom is 0.268 e. The molecule has 4 heteroatoms. The van der Waals surface area contributed by atoms with Crippen LogP contribution < -0.4 is 5.32 Å². The molecule has 0 aliphatic heterocycles. The Bertz CT molecular complexity index is 797. The largest absolute Gasteiger partial charge is 0.463 e. The lowest BCUT2D eigenvalue weighted by molar-refractivity contribution is 0.0942. The molecule has 0 spiro atoms. The van der Waals surface area contributed by atoms with Crippen LogP contribution in [0.15, 0.2) is 65.3 Å². The smallest absolute Gasteiger partial charge is 0.268 e. The van der Waals surface area contributed by atoms with Gasteiger partial charge < -0.3 is 14.3 Å². The Hall–Kier alpha value is -2.75. The van der Waals surface area contributed by atoms with Gasteiger partial charge in [0.25, 0.3) is 5.91 Å². The minimum absolute atomic E-state index is 0.0974. The van der Waals surface area contributed by atoms with Gasteiger partial charge in [-0.3, -0.25) is 4.79 Å². The number of carbonyl (C=O) groups excluding carboxylic acids is 1. The Labute approximate surface area is 129 Å². The average Bonchev–Trinajstić information content (AvgIpc) is 3.13. The molecule has 2 heterocycles. The van der Waals surface area contributed by atoms with Crippen LogP contribution in [-0.4, -0.2) is 10.5 Å². The van der Waals surface area contributed by atoms with E-state index in [2.05, 4.69) is 5.32 Å². The Balaban J connectivity index is 1.82. The van der Waals surface area contributed by atoms with Gasteiger partial charge >= 0.3 is 0 Å². The van der Waals surface area contributed by atoms with Crippen LogP contribution in [0.4, 0.5) is 0 Å². The molecule has 0 aliphatic carbocycles. The molecule has 2 aromatic heterocycles. The van der Waals surface area contributed by atoms with Crippen molar-refractivity contribution in [2.45, 2.75) is 20.0 Å². The summed E-state index contributed by atoms with van der Waals surface area (Å²) < 4.78 is 7.36. The van der Waals surface area contributed by atoms with Crippen molar-refractivity contribution in [2.75, 3.05) is 0 Å². The lowest BCUT2D eigenvalue weighted by atomic mass is 10.2. The maximum atomic E-state index is 12.5. The zero-order valence-corrected chi connectivity index (χ0v) is 12.5. The highest BCUT2D eigenvalue weighted by atomic mass is 16.3. The molecule has 0 aliphatic rings. The quantitative estimate of drug-likeness (QED) is 0.729. The molecule has 0 saturated carbocycles. The van der Waals surface area contributed by atoms with Crippen LogP contribution in [0.2, 0.25) is 0 Å². The average molecular weight is 294 g/mol. The van der Waals surface area contributed by atoms with Crippen LogP contribution in [0.5, 0.6) is 0 Å². The predicted molar refractivity (Wildman–Crippen MR) is 86.6 cm³/mol. The monoisotopic (exact) mass is 294 g/mol. The second-order valence-electron chi connectivity index (χ2n) is 5.05. The van der Waals surface area contributed by atoms with E-state index in [0.29, 0.717) is 18.8 Å². The molecule has 112 valence electrons. The third-order valence-electron chi connectivity index (χ3n) is 3.57. The first kappa shape index (κ1) is 14.2. The second kappa shape index (κ2) is 6.35. The van der Waals surface area contributed by atoms with Gasteiger partial charge in [-0.2, -0.15) is 0 Å². The Kier molecular flexibility index (Phi) is 4.10. The van der Waals surface area contributed by atoms with Gasteiger partial charge in [0, 0.05) is 25.2 Å². The molecule has 22 heavy (non-hydrogen) atoms. The summed E-state index contributed by atoms with van der Waals surface area (Å²) in [5.41, 5.74) is 3.35. The van der Waals surface area contributed by atoms with Crippen molar-refractivity contribution in [1.82, 2.24) is 9.88 Å². The van der Waals surface area contributed by atoms with Crippen LogP contribution >= 0.6 is 0 Å². The van der Waals surface area contributed by atoms with Gasteiger partial charge in [0.2, 0.25) is 0 Å². The Morgan fingerprint density at radius 3 is 2.86 bits per heavy atom. The van der Waals surface area contributed by atoms with Gasteiger partial charge in [0.05, 0.1) is 11.8 Å². The molecule has 3 rings (SSSR count). The van der Waals surface area contributed by atoms with E-state index in [-0.39, 0.29) is 5.91 Å². The molecule has 0 radical (unpaired) electrons. The van der Waals surface area contributed by atoms with Crippen molar-refractivity contribution in [3.05, 3.63) is 72.1 Å². The highest BCUT2D eigenvalue weighted by Gasteiger charge is 2.16. The van der Waals surface area contributed by atoms with E-state index in [9.17, 15) is 4.79 Å². The van der Waals surface area contributed by atoms with E-state index < -0.39 is 0 Å². The number of carbonyl (C=O) groups is 1. The van der Waals surface area contributed by atoms with Crippen LogP contribution in [0, 0.1) is 0 Å². The summed E-state index contributed by atoms with van der Waals surface area (Å²) >= 11 is 0. The molecule has 4 nitrogen and oxygen atoms in total. The summed E-state index contributed by atoms with van der Waals surface area (Å²) in [4.78, 5) is 12.5. The van der Waals surface area contributed by atoms with Crippen molar-refractivity contribution in [3.63, 3.8) is 0 Å². The van der Waals surface area contributed by atoms with Gasteiger partial charge in [-0.15, -0.1) is 0 Å². The number of nitrogens with zero attached hydrogens (tertiary/aromatic N) is 1. The predicted octanol–water partition coefficient (Wildman–Crippen LogP) is 3.74. The van der Waals surface area contributed by atoms with Gasteiger partial charge in [-0.05, 0) is 12.5 Å². The molecular weight excluding hydrogens is 276 g/mol. The number of allylic oxidation sites excluding steroid dienone is 2. The van der Waals surface area contributed by atoms with E-state index in [1.54, 1.807) is 12.3 Å². The highest BCUT2D eigenvalue weighted by molar-refractivity contribution is 5.97. The summed E-state index contributed by atoms with van der Waals surface area (Å²) in [7, 11) is 0. The van der Waals surface area contributed by atoms with Crippen LogP contribution in [0.1, 0.15) is 23.0 Å². The number of benzene rings is 1. The highest BCUT2D eigenvalue weighted by Crippen LogP contribution is 2.21. The molecule has 0 bridgehead atoms. The maximum absolute atomic E-state index is 12.5. The number of fused-ring (bicyclic) bond motifs is 1. The normalized spacial score (nSPS) is 11.3. The van der Waals surface area contributed by atoms with Crippen molar-refractivity contribution >= 4 is 17.0 Å². The molecule has 0 fully saturated rings. The summed E-state index contributed by atoms with van der Waals surface area (Å²) in [5, 5.41) is 2.96. The number of hydrogen-bond donors (Lipinski definition) is 1. The zero-order chi connectivity index (χ0) is 15.4. The minimum Gasteiger partial charge on any atom is -0.463 e. The van der Waals surface area contributed by atoms with E-state index in [0.717, 1.165) is 16.7 Å². The Morgan fingerprint density at radius 2 is 2.09 bits per heavy atom. The molecule has 3 aromatic rings. The first-order valence-corrected chi connectivity index (χ1v) is 7.29. The van der Waals surface area contributed by atoms with Crippen LogP contribution in [0.3, 0.4) is 0 Å². The lowest BCUT2D eigenvalue weighted by Crippen LogP contribution is -2.25. The fourth-order valence-electron chi connectivity index (χ4n) is 2.44. The van der Waals surface area contributed by atoms with Gasteiger partial charge in [0.15, 0.2) is 5.58 Å². The van der Waals surface area contributed by atoms with Crippen LogP contribution in [0.25, 0.3) is 11.1 Å². The minimum atomic E-state index is -0.0974. The SMILES string of the molecule is C/C=C\Cn1c(C(=O)NCc2ccccc2)cc2occc21. The third-order valence-corrected chi connectivity index (χ3v) is 3.57. The number of aromatic nitrogens is 1. The fourth-order valence-corrected chi connectivity index (χ4v) is 2.44. The third kappa shape index (κ3) is 2.81. The van der Waals surface area contributed by atoms with Gasteiger partial charge in [0.1, 0.15) is 5.69 Å². The molecule has 1 N–H and O–H groups in total. The van der Waals surface area contributed by atoms with Crippen molar-refractivity contribution in [3.8, 4) is 0 Å². The molecule has 0 unspecified atom stereocenters. The van der Waals surface area contributed by atoms with E-state index >= 15 is 0 Å². The second-order valence-corrected chi connectivity index (χ2v) is 5.05. The standard InChI is InChI=1S/C18H18N2O2/c1-2-3-10-20-15-9-11-22-17(15)12-16(20)18(21)19-13-14-7-5-4-6-8-14/h2-9,11-12H,10,13H2,1H3,(H,19,21)/b3-2-. The summed E-state index contributed by atoms with van der Waals surface area (Å²) in [6, 6.07) is 13.5. The fraction of sp³-hybridized carbons (Fsp3) is 0.167. The van der Waals surface area contributed by atoms with Crippen LogP contribution in [-0.2, 0) is 13.1 Å². The van der Waals surface area contributed by atoms with Crippen molar-refractivity contribution in [2.24, 2.45) is 0 Å². The number of nitrogens with one attached hydrogen (secondary N) is 1. The first-order valence-electron chi connectivity index (χ1n) is 7.29. The summed E-state index contributed by atoms with van der Waals surface area (Å²) in [6.45, 7) is 3.12. The van der Waals surface area contributed by atoms with Gasteiger partial charge in [-0.1, -0.05) is 42.5 Å². The number of rotatable bonds is 5. The number of hydrogen-bond acceptors (Lipinski definition) is 2. The molecular formula is C18H18N2O2. The molecule has 1 amide bonds. The van der Waals surface area contributed by atoms with Crippen molar-refractivity contribution in [1.29, 1.82) is 0 Å². The van der Waals surface area contributed by atoms with Gasteiger partial charge in [-0.25, -0.2) is 0 Å². The van der Waals surface area contributed by atoms with E-state index in [4.69, 9.17) is 4.42 Å². The van der Waals surface area contributed by atoms with Crippen molar-refractivity contribution < 1.29 is 9.21 Å². The lowest BCUT2D eigenvalue weighted by Gasteiger charge is -2.08. The topological polar surface area (TPSA) is 47.2 Å². The first-order chi connectivity index (χ1) is 10.8. The van der Waals surface area contributed by atoms with E-state index in [1.807, 2.05) is 60.0 Å². The molecule has 0 saturated heterocycles. The molecule has 0 atom stereocenters. The zero-order valence-electron chi connectivity index (χ0n) is 12.5. The molecule has 1 aromatic carbocycles. The number of furan rings is 1. The summed E-state index contributed by atoms with van der Waals surface area (Å²) in [5.74, 6) is -0.0974. The number of amides is 1. The summed E-state index contributed by atoms with van der Waals surface area (Å²) in [6.07, 6.45) is 5.63. The van der Waals surface area contributed by atoms with E-state index in [1.165, 1.54) is 0 Å². The Morgan fingerprint density at radius 1 is 1.27 bits per heavy atom.